The Labute approximate surface area is 200 Å². The van der Waals surface area contributed by atoms with Crippen molar-refractivity contribution in [3.8, 4) is 23.0 Å². The highest BCUT2D eigenvalue weighted by atomic mass is 16.5. The third kappa shape index (κ3) is 5.63. The molecular weight excluding hydrogens is 432 g/mol. The normalized spacial score (nSPS) is 17.3. The molecule has 0 radical (unpaired) electrons. The molecule has 0 bridgehead atoms. The van der Waals surface area contributed by atoms with Crippen LogP contribution in [0.3, 0.4) is 0 Å². The summed E-state index contributed by atoms with van der Waals surface area (Å²) in [6.45, 7) is 0.838. The van der Waals surface area contributed by atoms with E-state index in [1.54, 1.807) is 20.3 Å². The van der Waals surface area contributed by atoms with Gasteiger partial charge < -0.3 is 24.1 Å². The number of ether oxygens (including phenoxy) is 4. The van der Waals surface area contributed by atoms with Crippen molar-refractivity contribution >= 4 is 5.97 Å². The first-order valence-corrected chi connectivity index (χ1v) is 11.4. The van der Waals surface area contributed by atoms with Crippen LogP contribution in [0.2, 0.25) is 0 Å². The van der Waals surface area contributed by atoms with E-state index >= 15 is 0 Å². The Morgan fingerprint density at radius 1 is 0.853 bits per heavy atom. The number of benzene rings is 3. The van der Waals surface area contributed by atoms with E-state index in [0.29, 0.717) is 43.3 Å². The summed E-state index contributed by atoms with van der Waals surface area (Å²) in [5, 5.41) is 10.2. The van der Waals surface area contributed by atoms with Gasteiger partial charge in [-0.05, 0) is 53.8 Å². The molecule has 1 aliphatic heterocycles. The van der Waals surface area contributed by atoms with E-state index in [9.17, 15) is 9.90 Å². The van der Waals surface area contributed by atoms with Crippen LogP contribution in [-0.4, -0.2) is 38.5 Å². The average Bonchev–Trinajstić information content (AvgIpc) is 3.20. The predicted molar refractivity (Wildman–Crippen MR) is 129 cm³/mol. The van der Waals surface area contributed by atoms with Crippen LogP contribution < -0.4 is 14.2 Å². The van der Waals surface area contributed by atoms with Crippen LogP contribution >= 0.6 is 0 Å². The number of hydrogen-bond donors (Lipinski definition) is 1. The molecule has 1 saturated heterocycles. The van der Waals surface area contributed by atoms with E-state index in [-0.39, 0.29) is 23.6 Å². The third-order valence-electron chi connectivity index (χ3n) is 6.23. The van der Waals surface area contributed by atoms with Gasteiger partial charge in [-0.3, -0.25) is 4.79 Å². The van der Waals surface area contributed by atoms with E-state index in [4.69, 9.17) is 18.9 Å². The van der Waals surface area contributed by atoms with Gasteiger partial charge in [0, 0.05) is 12.3 Å². The minimum atomic E-state index is -0.269. The highest BCUT2D eigenvalue weighted by Gasteiger charge is 2.37. The van der Waals surface area contributed by atoms with Gasteiger partial charge in [-0.1, -0.05) is 42.5 Å². The molecule has 1 fully saturated rings. The summed E-state index contributed by atoms with van der Waals surface area (Å²) in [7, 11) is 3.21. The van der Waals surface area contributed by atoms with Gasteiger partial charge in [-0.2, -0.15) is 0 Å². The van der Waals surface area contributed by atoms with Crippen LogP contribution in [0, 0.1) is 11.8 Å². The lowest BCUT2D eigenvalue weighted by molar-refractivity contribution is -0.141. The van der Waals surface area contributed by atoms with Crippen LogP contribution in [-0.2, 0) is 28.8 Å². The van der Waals surface area contributed by atoms with Crippen LogP contribution in [0.5, 0.6) is 23.0 Å². The van der Waals surface area contributed by atoms with E-state index < -0.39 is 0 Å². The SMILES string of the molecule is COc1ccc(C[C@H]2COC(=O)[C@@H]2Cc2ccc(O)c(OCCc3ccccc3)c2)cc1OC. The van der Waals surface area contributed by atoms with E-state index in [1.807, 2.05) is 60.7 Å². The summed E-state index contributed by atoms with van der Waals surface area (Å²) in [5.41, 5.74) is 3.15. The molecule has 34 heavy (non-hydrogen) atoms. The third-order valence-corrected chi connectivity index (χ3v) is 6.23. The van der Waals surface area contributed by atoms with Gasteiger partial charge in [0.1, 0.15) is 0 Å². The Bertz CT molecular complexity index is 1110. The molecule has 0 amide bonds. The molecule has 1 aliphatic rings. The monoisotopic (exact) mass is 462 g/mol. The van der Waals surface area contributed by atoms with Crippen LogP contribution in [0.1, 0.15) is 16.7 Å². The molecule has 6 nitrogen and oxygen atoms in total. The number of phenolic OH excluding ortho intramolecular Hbond substituents is 1. The zero-order valence-electron chi connectivity index (χ0n) is 19.5. The first-order chi connectivity index (χ1) is 16.6. The molecule has 0 unspecified atom stereocenters. The standard InChI is InChI=1S/C28H30O6/c1-31-25-11-9-20(17-27(25)32-2)14-22-18-34-28(30)23(22)15-21-8-10-24(29)26(16-21)33-13-12-19-6-4-3-5-7-19/h3-11,16-17,22-23,29H,12-15,18H2,1-2H3/t22-,23+/m0/s1. The van der Waals surface area contributed by atoms with Crippen molar-refractivity contribution in [2.24, 2.45) is 11.8 Å². The van der Waals surface area contributed by atoms with Gasteiger partial charge in [-0.15, -0.1) is 0 Å². The van der Waals surface area contributed by atoms with E-state index in [1.165, 1.54) is 5.56 Å². The molecule has 1 N–H and O–H groups in total. The summed E-state index contributed by atoms with van der Waals surface area (Å²) in [6.07, 6.45) is 1.95. The maximum absolute atomic E-state index is 12.5. The van der Waals surface area contributed by atoms with Gasteiger partial charge in [0.25, 0.3) is 0 Å². The Hall–Kier alpha value is -3.67. The molecule has 0 spiro atoms. The molecule has 0 saturated carbocycles. The Morgan fingerprint density at radius 2 is 1.56 bits per heavy atom. The van der Waals surface area contributed by atoms with Crippen LogP contribution in [0.15, 0.2) is 66.7 Å². The number of aromatic hydroxyl groups is 1. The second-order valence-corrected chi connectivity index (χ2v) is 8.48. The van der Waals surface area contributed by atoms with E-state index in [0.717, 1.165) is 17.5 Å². The molecule has 178 valence electrons. The highest BCUT2D eigenvalue weighted by molar-refractivity contribution is 5.75. The minimum Gasteiger partial charge on any atom is -0.504 e. The number of methoxy groups -OCH3 is 2. The lowest BCUT2D eigenvalue weighted by atomic mass is 9.85. The summed E-state index contributed by atoms with van der Waals surface area (Å²) >= 11 is 0. The maximum atomic E-state index is 12.5. The first-order valence-electron chi connectivity index (χ1n) is 11.4. The summed E-state index contributed by atoms with van der Waals surface area (Å²) in [5.74, 6) is 1.44. The Balaban J connectivity index is 1.42. The van der Waals surface area contributed by atoms with Crippen molar-refractivity contribution in [3.05, 3.63) is 83.4 Å². The van der Waals surface area contributed by atoms with Crippen molar-refractivity contribution in [1.29, 1.82) is 0 Å². The predicted octanol–water partition coefficient (Wildman–Crippen LogP) is 4.61. The molecule has 6 heteroatoms. The number of rotatable bonds is 10. The van der Waals surface area contributed by atoms with Gasteiger partial charge in [0.15, 0.2) is 23.0 Å². The fourth-order valence-corrected chi connectivity index (χ4v) is 4.34. The Kier molecular flexibility index (Phi) is 7.58. The van der Waals surface area contributed by atoms with Crippen molar-refractivity contribution in [2.75, 3.05) is 27.4 Å². The largest absolute Gasteiger partial charge is 0.504 e. The van der Waals surface area contributed by atoms with Gasteiger partial charge in [-0.25, -0.2) is 0 Å². The average molecular weight is 463 g/mol. The summed E-state index contributed by atoms with van der Waals surface area (Å²) in [4.78, 5) is 12.5. The van der Waals surface area contributed by atoms with Crippen LogP contribution in [0.25, 0.3) is 0 Å². The lowest BCUT2D eigenvalue weighted by Crippen LogP contribution is -2.20. The number of carbonyl (C=O) groups excluding carboxylic acids is 1. The van der Waals surface area contributed by atoms with Crippen molar-refractivity contribution in [3.63, 3.8) is 0 Å². The molecule has 4 rings (SSSR count). The van der Waals surface area contributed by atoms with E-state index in [2.05, 4.69) is 0 Å². The molecule has 3 aromatic rings. The molecule has 0 aliphatic carbocycles. The molecule has 1 heterocycles. The number of esters is 1. The second kappa shape index (κ2) is 11.0. The molecule has 2 atom stereocenters. The Morgan fingerprint density at radius 3 is 2.32 bits per heavy atom. The molecular formula is C28H30O6. The van der Waals surface area contributed by atoms with Crippen molar-refractivity contribution in [2.45, 2.75) is 19.3 Å². The molecule has 0 aromatic heterocycles. The lowest BCUT2D eigenvalue weighted by Gasteiger charge is -2.17. The number of carbonyl (C=O) groups is 1. The zero-order valence-corrected chi connectivity index (χ0v) is 19.5. The highest BCUT2D eigenvalue weighted by Crippen LogP contribution is 2.34. The quantitative estimate of drug-likeness (QED) is 0.444. The van der Waals surface area contributed by atoms with Crippen molar-refractivity contribution < 1.29 is 28.8 Å². The topological polar surface area (TPSA) is 74.2 Å². The van der Waals surface area contributed by atoms with Crippen molar-refractivity contribution in [1.82, 2.24) is 0 Å². The number of cyclic esters (lactones) is 1. The van der Waals surface area contributed by atoms with Gasteiger partial charge >= 0.3 is 5.97 Å². The van der Waals surface area contributed by atoms with Gasteiger partial charge in [0.05, 0.1) is 33.4 Å². The fraction of sp³-hybridized carbons (Fsp3) is 0.321. The summed E-state index contributed by atoms with van der Waals surface area (Å²) in [6, 6.07) is 21.1. The summed E-state index contributed by atoms with van der Waals surface area (Å²) < 4.78 is 22.0. The molecule has 3 aromatic carbocycles. The fourth-order valence-electron chi connectivity index (χ4n) is 4.34. The zero-order chi connectivity index (χ0) is 23.9. The second-order valence-electron chi connectivity index (χ2n) is 8.48. The maximum Gasteiger partial charge on any atom is 0.309 e. The number of phenols is 1. The van der Waals surface area contributed by atoms with Crippen LogP contribution in [0.4, 0.5) is 0 Å². The number of hydrogen-bond acceptors (Lipinski definition) is 6. The first kappa shape index (κ1) is 23.5. The minimum absolute atomic E-state index is 0.0434. The smallest absolute Gasteiger partial charge is 0.309 e. The van der Waals surface area contributed by atoms with Gasteiger partial charge in [0.2, 0.25) is 0 Å².